The zero-order chi connectivity index (χ0) is 45.8. The Morgan fingerprint density at radius 2 is 1.29 bits per heavy atom. The van der Waals surface area contributed by atoms with Crippen LogP contribution in [0.15, 0.2) is 54.6 Å². The number of carbonyl (C=O) groups is 9. The molecule has 1 fully saturated rings. The lowest BCUT2D eigenvalue weighted by Gasteiger charge is -2.27. The van der Waals surface area contributed by atoms with E-state index in [-0.39, 0.29) is 54.6 Å². The molecule has 1 aliphatic heterocycles. The standard InChI is InChI=1S/C42H56N6O12S2/c43-30-23-61-22-29(8-4-5-9-38(54)55)62-21-27(42(59)60)19-35(51)32(20-37(45)53)47-40(57)31(14-15-36(44)52)46-41(58)33(17-24-6-2-1-3-7-24)48-39(56)26(18-34(30)50)16-25-10-12-28(49)13-11-25/h1-3,6-7,10-13,26-27,29-33,49H,4-5,8-9,14-23,43H2,(H2,44,52)(H2,45,53)(H,46,58)(H,47,57)(H,48,56)(H,54,55)(H,59,60)/t26-,27+,29?,30+,31+,32+,33+/m1/s1. The first kappa shape index (κ1) is 50.9. The summed E-state index contributed by atoms with van der Waals surface area (Å²) in [6, 6.07) is 9.03. The van der Waals surface area contributed by atoms with E-state index in [1.54, 1.807) is 42.5 Å². The monoisotopic (exact) mass is 900 g/mol. The van der Waals surface area contributed by atoms with Crippen LogP contribution in [0.1, 0.15) is 68.9 Å². The highest BCUT2D eigenvalue weighted by Crippen LogP contribution is 2.27. The van der Waals surface area contributed by atoms with Crippen LogP contribution in [-0.2, 0) is 56.0 Å². The molecule has 0 aliphatic carbocycles. The van der Waals surface area contributed by atoms with E-state index in [9.17, 15) is 53.4 Å². The van der Waals surface area contributed by atoms with Crippen LogP contribution in [0.4, 0.5) is 0 Å². The largest absolute Gasteiger partial charge is 0.508 e. The summed E-state index contributed by atoms with van der Waals surface area (Å²) >= 11 is 2.55. The van der Waals surface area contributed by atoms with Gasteiger partial charge in [0.2, 0.25) is 29.5 Å². The number of hydrogen-bond donors (Lipinski definition) is 9. The van der Waals surface area contributed by atoms with Gasteiger partial charge in [-0.1, -0.05) is 48.9 Å². The normalized spacial score (nSPS) is 24.0. The van der Waals surface area contributed by atoms with Crippen molar-refractivity contribution < 1.29 is 58.5 Å². The van der Waals surface area contributed by atoms with Crippen molar-refractivity contribution in [3.8, 4) is 5.75 Å². The molecule has 1 saturated heterocycles. The highest BCUT2D eigenvalue weighted by atomic mass is 32.2. The van der Waals surface area contributed by atoms with E-state index in [0.29, 0.717) is 36.1 Å². The predicted molar refractivity (Wildman–Crippen MR) is 232 cm³/mol. The quantitative estimate of drug-likeness (QED) is 0.112. The Morgan fingerprint density at radius 3 is 1.92 bits per heavy atom. The van der Waals surface area contributed by atoms with E-state index in [1.807, 2.05) is 0 Å². The fourth-order valence-corrected chi connectivity index (χ4v) is 9.38. The topological polar surface area (TPSA) is 328 Å². The summed E-state index contributed by atoms with van der Waals surface area (Å²) in [5.74, 6) is -9.94. The van der Waals surface area contributed by atoms with Gasteiger partial charge < -0.3 is 48.5 Å². The molecule has 1 unspecified atom stereocenters. The number of nitrogens with one attached hydrogen (secondary N) is 3. The van der Waals surface area contributed by atoms with E-state index >= 15 is 0 Å². The molecule has 18 nitrogen and oxygen atoms in total. The van der Waals surface area contributed by atoms with Crippen molar-refractivity contribution in [1.29, 1.82) is 0 Å². The Labute approximate surface area is 367 Å². The molecule has 0 bridgehead atoms. The molecule has 1 heterocycles. The first-order chi connectivity index (χ1) is 29.4. The molecule has 2 aromatic rings. The average Bonchev–Trinajstić information content (AvgIpc) is 3.21. The van der Waals surface area contributed by atoms with Gasteiger partial charge in [0, 0.05) is 60.5 Å². The third kappa shape index (κ3) is 18.7. The SMILES string of the molecule is NC(=O)CC[C@@H]1NC(=O)[C@H](Cc2ccccc2)NC(=O)[C@H](Cc2ccc(O)cc2)CC(=O)[C@@H](N)CSCC(CCCCC(=O)O)SC[C@@H](C(=O)O)CC(=O)[C@H](CC(N)=O)NC1=O. The van der Waals surface area contributed by atoms with Crippen molar-refractivity contribution >= 4 is 76.6 Å². The highest BCUT2D eigenvalue weighted by molar-refractivity contribution is 8.03. The van der Waals surface area contributed by atoms with Gasteiger partial charge in [-0.25, -0.2) is 0 Å². The van der Waals surface area contributed by atoms with Gasteiger partial charge >= 0.3 is 11.9 Å². The van der Waals surface area contributed by atoms with Gasteiger partial charge in [0.05, 0.1) is 24.4 Å². The molecule has 20 heteroatoms. The number of primary amides is 2. The molecule has 2 aromatic carbocycles. The number of carboxylic acid groups (broad SMARTS) is 2. The summed E-state index contributed by atoms with van der Waals surface area (Å²) in [6.45, 7) is 0. The fraction of sp³-hybridized carbons (Fsp3) is 0.500. The van der Waals surface area contributed by atoms with Crippen LogP contribution >= 0.6 is 23.5 Å². The third-order valence-corrected chi connectivity index (χ3v) is 13.0. The number of aliphatic carboxylic acids is 2. The van der Waals surface area contributed by atoms with Crippen LogP contribution in [0.25, 0.3) is 0 Å². The van der Waals surface area contributed by atoms with Gasteiger partial charge in [-0.05, 0) is 48.9 Å². The van der Waals surface area contributed by atoms with Crippen molar-refractivity contribution in [3.05, 3.63) is 65.7 Å². The number of aromatic hydroxyl groups is 1. The highest BCUT2D eigenvalue weighted by Gasteiger charge is 2.35. The molecule has 0 spiro atoms. The van der Waals surface area contributed by atoms with Crippen molar-refractivity contribution in [2.75, 3.05) is 17.3 Å². The first-order valence-electron chi connectivity index (χ1n) is 20.2. The van der Waals surface area contributed by atoms with Crippen molar-refractivity contribution in [2.24, 2.45) is 29.0 Å². The smallest absolute Gasteiger partial charge is 0.307 e. The Morgan fingerprint density at radius 1 is 0.661 bits per heavy atom. The second-order valence-electron chi connectivity index (χ2n) is 15.2. The van der Waals surface area contributed by atoms with E-state index in [0.717, 1.165) is 0 Å². The van der Waals surface area contributed by atoms with Crippen LogP contribution in [-0.4, -0.2) is 115 Å². The lowest BCUT2D eigenvalue weighted by atomic mass is 9.91. The maximum atomic E-state index is 14.2. The van der Waals surface area contributed by atoms with Gasteiger partial charge in [-0.15, -0.1) is 0 Å². The number of phenols is 1. The number of carboxylic acids is 2. The maximum Gasteiger partial charge on any atom is 0.307 e. The van der Waals surface area contributed by atoms with Gasteiger partial charge in [0.25, 0.3) is 0 Å². The minimum absolute atomic E-state index is 0.0100. The van der Waals surface area contributed by atoms with E-state index in [1.165, 1.54) is 35.7 Å². The molecule has 338 valence electrons. The molecule has 7 atom stereocenters. The van der Waals surface area contributed by atoms with Crippen molar-refractivity contribution in [2.45, 2.75) is 100 Å². The zero-order valence-electron chi connectivity index (χ0n) is 34.2. The summed E-state index contributed by atoms with van der Waals surface area (Å²) in [7, 11) is 0. The number of ketones is 2. The number of amides is 5. The van der Waals surface area contributed by atoms with Crippen LogP contribution in [0, 0.1) is 11.8 Å². The average molecular weight is 901 g/mol. The van der Waals surface area contributed by atoms with Gasteiger partial charge in [0.15, 0.2) is 11.6 Å². The van der Waals surface area contributed by atoms with E-state index in [4.69, 9.17) is 22.3 Å². The number of thioether (sulfide) groups is 2. The summed E-state index contributed by atoms with van der Waals surface area (Å²) in [5, 5.41) is 36.5. The Balaban J connectivity index is 2.07. The summed E-state index contributed by atoms with van der Waals surface area (Å²) < 4.78 is 0. The number of unbranched alkanes of at least 4 members (excludes halogenated alkanes) is 1. The lowest BCUT2D eigenvalue weighted by molar-refractivity contribution is -0.143. The molecule has 12 N–H and O–H groups in total. The molecule has 0 saturated carbocycles. The molecular weight excluding hydrogens is 845 g/mol. The third-order valence-electron chi connectivity index (χ3n) is 10.1. The number of nitrogens with two attached hydrogens (primary N) is 3. The molecule has 0 aromatic heterocycles. The van der Waals surface area contributed by atoms with Crippen LogP contribution in [0.2, 0.25) is 0 Å². The Hall–Kier alpha value is -5.47. The van der Waals surface area contributed by atoms with Crippen LogP contribution in [0.3, 0.4) is 0 Å². The fourth-order valence-electron chi connectivity index (χ4n) is 6.60. The number of benzene rings is 2. The zero-order valence-corrected chi connectivity index (χ0v) is 35.8. The molecule has 3 rings (SSSR count). The van der Waals surface area contributed by atoms with Gasteiger partial charge in [0.1, 0.15) is 17.8 Å². The van der Waals surface area contributed by atoms with Crippen molar-refractivity contribution in [3.63, 3.8) is 0 Å². The predicted octanol–water partition coefficient (Wildman–Crippen LogP) is 0.829. The number of rotatable bonds is 15. The summed E-state index contributed by atoms with van der Waals surface area (Å²) in [4.78, 5) is 117. The number of phenolic OH excluding ortho intramolecular Hbond substituents is 1. The lowest BCUT2D eigenvalue weighted by Crippen LogP contribution is -2.57. The Kier molecular flexibility index (Phi) is 21.4. The minimum Gasteiger partial charge on any atom is -0.508 e. The number of carbonyl (C=O) groups excluding carboxylic acids is 7. The molecule has 5 amide bonds. The first-order valence-corrected chi connectivity index (χ1v) is 22.4. The van der Waals surface area contributed by atoms with E-state index < -0.39 is 108 Å². The summed E-state index contributed by atoms with van der Waals surface area (Å²) in [5.41, 5.74) is 18.4. The Bertz CT molecular complexity index is 1890. The molecular formula is C42H56N6O12S2. The molecule has 62 heavy (non-hydrogen) atoms. The second-order valence-corrected chi connectivity index (χ2v) is 17.6. The van der Waals surface area contributed by atoms with Gasteiger partial charge in [-0.3, -0.25) is 43.2 Å². The second kappa shape index (κ2) is 26.1. The minimum atomic E-state index is -1.61. The number of Topliss-reactive ketones (excluding diaryl/α,β-unsaturated/α-hetero) is 2. The number of hydrogen-bond acceptors (Lipinski definition) is 13. The van der Waals surface area contributed by atoms with Crippen molar-refractivity contribution in [1.82, 2.24) is 16.0 Å². The molecule has 1 aliphatic rings. The molecule has 0 radical (unpaired) electrons. The van der Waals surface area contributed by atoms with Crippen LogP contribution < -0.4 is 33.2 Å². The summed E-state index contributed by atoms with van der Waals surface area (Å²) in [6.07, 6.45) is -1.25. The maximum absolute atomic E-state index is 14.2. The van der Waals surface area contributed by atoms with Crippen LogP contribution in [0.5, 0.6) is 5.75 Å². The van der Waals surface area contributed by atoms with Gasteiger partial charge in [-0.2, -0.15) is 23.5 Å². The van der Waals surface area contributed by atoms with E-state index in [2.05, 4.69) is 16.0 Å².